The predicted molar refractivity (Wildman–Crippen MR) is 121 cm³/mol. The van der Waals surface area contributed by atoms with Crippen molar-refractivity contribution in [3.05, 3.63) is 41.5 Å². The zero-order valence-electron chi connectivity index (χ0n) is 18.7. The molecule has 0 aromatic heterocycles. The van der Waals surface area contributed by atoms with Crippen LogP contribution in [0.5, 0.6) is 5.75 Å². The number of piperidine rings is 1. The molecule has 2 aliphatic rings. The third-order valence-corrected chi connectivity index (χ3v) is 7.21. The molecule has 1 N–H and O–H groups in total. The van der Waals surface area contributed by atoms with Crippen LogP contribution in [0.2, 0.25) is 0 Å². The first kappa shape index (κ1) is 23.0. The summed E-state index contributed by atoms with van der Waals surface area (Å²) in [6.07, 6.45) is 3.63. The molecule has 32 heavy (non-hydrogen) atoms. The second-order valence-corrected chi connectivity index (χ2v) is 9.54. The molecule has 1 aliphatic heterocycles. The van der Waals surface area contributed by atoms with E-state index in [9.17, 15) is 13.6 Å². The Morgan fingerprint density at radius 3 is 2.47 bits per heavy atom. The lowest BCUT2D eigenvalue weighted by atomic mass is 9.89. The van der Waals surface area contributed by atoms with Crippen LogP contribution < -0.4 is 4.74 Å². The minimum atomic E-state index is -2.59. The smallest absolute Gasteiger partial charge is 0.306 e. The molecule has 174 valence electrons. The standard InChI is InChI=1S/C26H33F2NO3/c1-17-2-6-21(7-3-17)32-23-9-5-20-16-18(4-8-22(20)24(23)25(27)28)10-13-29-14-11-19(12-15-29)26(30)31/h4-5,8-9,16-17,19,21,25H,2-3,6-7,10-15H2,1H3,(H,30,31)/t17-,21+. The van der Waals surface area contributed by atoms with Crippen LogP contribution in [0.4, 0.5) is 8.78 Å². The lowest BCUT2D eigenvalue weighted by Crippen LogP contribution is -2.37. The Hall–Kier alpha value is -2.21. The summed E-state index contributed by atoms with van der Waals surface area (Å²) in [5, 5.41) is 10.5. The average Bonchev–Trinajstić information content (AvgIpc) is 2.79. The van der Waals surface area contributed by atoms with E-state index in [-0.39, 0.29) is 17.6 Å². The molecule has 0 atom stereocenters. The van der Waals surface area contributed by atoms with Gasteiger partial charge in [0.05, 0.1) is 17.6 Å². The molecule has 0 spiro atoms. The first-order valence-electron chi connectivity index (χ1n) is 11.9. The molecule has 1 heterocycles. The van der Waals surface area contributed by atoms with Crippen LogP contribution >= 0.6 is 0 Å². The molecule has 4 nitrogen and oxygen atoms in total. The van der Waals surface area contributed by atoms with Gasteiger partial charge in [-0.1, -0.05) is 31.2 Å². The Balaban J connectivity index is 1.44. The maximum Gasteiger partial charge on any atom is 0.306 e. The Bertz CT molecular complexity index is 932. The number of benzene rings is 2. The van der Waals surface area contributed by atoms with Gasteiger partial charge in [-0.05, 0) is 86.4 Å². The Morgan fingerprint density at radius 2 is 1.81 bits per heavy atom. The molecule has 1 saturated heterocycles. The van der Waals surface area contributed by atoms with E-state index in [1.165, 1.54) is 0 Å². The Labute approximate surface area is 188 Å². The molecular formula is C26H33F2NO3. The van der Waals surface area contributed by atoms with Gasteiger partial charge in [0.25, 0.3) is 6.43 Å². The number of hydrogen-bond acceptors (Lipinski definition) is 3. The van der Waals surface area contributed by atoms with Gasteiger partial charge >= 0.3 is 5.97 Å². The zero-order chi connectivity index (χ0) is 22.7. The minimum absolute atomic E-state index is 0.00316. The minimum Gasteiger partial charge on any atom is -0.490 e. The SMILES string of the molecule is C[C@H]1CC[C@@H](Oc2ccc3cc(CCN4CCC(C(=O)O)CC4)ccc3c2C(F)F)CC1. The maximum absolute atomic E-state index is 14.0. The van der Waals surface area contributed by atoms with Crippen LogP contribution in [0.25, 0.3) is 10.8 Å². The van der Waals surface area contributed by atoms with E-state index in [2.05, 4.69) is 11.8 Å². The highest BCUT2D eigenvalue weighted by atomic mass is 19.3. The topological polar surface area (TPSA) is 49.8 Å². The van der Waals surface area contributed by atoms with Gasteiger partial charge in [-0.3, -0.25) is 4.79 Å². The van der Waals surface area contributed by atoms with Crippen molar-refractivity contribution in [2.45, 2.75) is 64.4 Å². The van der Waals surface area contributed by atoms with E-state index in [0.717, 1.165) is 62.7 Å². The quantitative estimate of drug-likeness (QED) is 0.562. The van der Waals surface area contributed by atoms with Crippen molar-refractivity contribution in [1.29, 1.82) is 0 Å². The van der Waals surface area contributed by atoms with Gasteiger partial charge < -0.3 is 14.7 Å². The molecular weight excluding hydrogens is 412 g/mol. The summed E-state index contributed by atoms with van der Waals surface area (Å²) in [5.74, 6) is 0.0765. The number of alkyl halides is 2. The summed E-state index contributed by atoms with van der Waals surface area (Å²) in [4.78, 5) is 13.4. The van der Waals surface area contributed by atoms with Crippen molar-refractivity contribution in [3.63, 3.8) is 0 Å². The van der Waals surface area contributed by atoms with Gasteiger partial charge in [0.15, 0.2) is 0 Å². The van der Waals surface area contributed by atoms with Crippen molar-refractivity contribution < 1.29 is 23.4 Å². The van der Waals surface area contributed by atoms with E-state index >= 15 is 0 Å². The second-order valence-electron chi connectivity index (χ2n) is 9.54. The van der Waals surface area contributed by atoms with Crippen LogP contribution in [-0.4, -0.2) is 41.7 Å². The van der Waals surface area contributed by atoms with Crippen molar-refractivity contribution in [2.24, 2.45) is 11.8 Å². The molecule has 2 aromatic rings. The monoisotopic (exact) mass is 445 g/mol. The molecule has 0 bridgehead atoms. The summed E-state index contributed by atoms with van der Waals surface area (Å²) in [6.45, 7) is 4.66. The molecule has 2 aromatic carbocycles. The summed E-state index contributed by atoms with van der Waals surface area (Å²) in [7, 11) is 0. The number of carboxylic acid groups (broad SMARTS) is 1. The summed E-state index contributed by atoms with van der Waals surface area (Å²) in [5.41, 5.74) is 1.11. The van der Waals surface area contributed by atoms with E-state index < -0.39 is 12.4 Å². The van der Waals surface area contributed by atoms with E-state index in [1.54, 1.807) is 12.1 Å². The highest BCUT2D eigenvalue weighted by Gasteiger charge is 2.25. The number of carbonyl (C=O) groups is 1. The third-order valence-electron chi connectivity index (χ3n) is 7.21. The number of nitrogens with zero attached hydrogens (tertiary/aromatic N) is 1. The lowest BCUT2D eigenvalue weighted by molar-refractivity contribution is -0.143. The molecule has 0 radical (unpaired) electrons. The van der Waals surface area contributed by atoms with Crippen molar-refractivity contribution in [2.75, 3.05) is 19.6 Å². The number of hydrogen-bond donors (Lipinski definition) is 1. The highest BCUT2D eigenvalue weighted by molar-refractivity contribution is 5.88. The van der Waals surface area contributed by atoms with E-state index in [1.807, 2.05) is 18.2 Å². The number of halogens is 2. The fourth-order valence-electron chi connectivity index (χ4n) is 5.08. The first-order chi connectivity index (χ1) is 15.4. The largest absolute Gasteiger partial charge is 0.490 e. The van der Waals surface area contributed by atoms with Gasteiger partial charge in [-0.2, -0.15) is 0 Å². The molecule has 1 aliphatic carbocycles. The highest BCUT2D eigenvalue weighted by Crippen LogP contribution is 2.38. The number of aliphatic carboxylic acids is 1. The number of likely N-dealkylation sites (tertiary alicyclic amines) is 1. The zero-order valence-corrected chi connectivity index (χ0v) is 18.7. The summed E-state index contributed by atoms with van der Waals surface area (Å²) in [6, 6.07) is 9.34. The third kappa shape index (κ3) is 5.40. The second kappa shape index (κ2) is 10.2. The van der Waals surface area contributed by atoms with Crippen molar-refractivity contribution in [3.8, 4) is 5.75 Å². The van der Waals surface area contributed by atoms with Gasteiger partial charge in [-0.15, -0.1) is 0 Å². The Morgan fingerprint density at radius 1 is 1.09 bits per heavy atom. The van der Waals surface area contributed by atoms with Crippen molar-refractivity contribution in [1.82, 2.24) is 4.90 Å². The van der Waals surface area contributed by atoms with E-state index in [0.29, 0.717) is 29.9 Å². The molecule has 0 unspecified atom stereocenters. The van der Waals surface area contributed by atoms with Crippen LogP contribution in [-0.2, 0) is 11.2 Å². The maximum atomic E-state index is 14.0. The van der Waals surface area contributed by atoms with Crippen molar-refractivity contribution >= 4 is 16.7 Å². The molecule has 1 saturated carbocycles. The normalized spacial score (nSPS) is 23.0. The van der Waals surface area contributed by atoms with Gasteiger partial charge in [-0.25, -0.2) is 8.78 Å². The molecule has 2 fully saturated rings. The van der Waals surface area contributed by atoms with Gasteiger partial charge in [0.1, 0.15) is 5.75 Å². The van der Waals surface area contributed by atoms with Gasteiger partial charge in [0, 0.05) is 6.54 Å². The summed E-state index contributed by atoms with van der Waals surface area (Å²) >= 11 is 0. The van der Waals surface area contributed by atoms with Crippen LogP contribution in [0.15, 0.2) is 30.3 Å². The van der Waals surface area contributed by atoms with Crippen LogP contribution in [0.3, 0.4) is 0 Å². The number of rotatable bonds is 7. The van der Waals surface area contributed by atoms with Crippen LogP contribution in [0, 0.1) is 11.8 Å². The average molecular weight is 446 g/mol. The van der Waals surface area contributed by atoms with Gasteiger partial charge in [0.2, 0.25) is 0 Å². The molecule has 4 rings (SSSR count). The first-order valence-corrected chi connectivity index (χ1v) is 11.9. The molecule has 6 heteroatoms. The predicted octanol–water partition coefficient (Wildman–Crippen LogP) is 6.07. The fraction of sp³-hybridized carbons (Fsp3) is 0.577. The number of ether oxygens (including phenoxy) is 1. The Kier molecular flexibility index (Phi) is 7.29. The van der Waals surface area contributed by atoms with Crippen LogP contribution in [0.1, 0.15) is 63.0 Å². The number of carboxylic acids is 1. The lowest BCUT2D eigenvalue weighted by Gasteiger charge is -2.30. The van der Waals surface area contributed by atoms with E-state index in [4.69, 9.17) is 9.84 Å². The molecule has 0 amide bonds. The number of fused-ring (bicyclic) bond motifs is 1. The fourth-order valence-corrected chi connectivity index (χ4v) is 5.08. The summed E-state index contributed by atoms with van der Waals surface area (Å²) < 4.78 is 34.1.